The molecule has 0 aliphatic rings. The van der Waals surface area contributed by atoms with Crippen molar-refractivity contribution in [2.45, 2.75) is 26.3 Å². The number of hydrogen-bond acceptors (Lipinski definition) is 2. The molecular weight excluding hydrogens is 336 g/mol. The van der Waals surface area contributed by atoms with Crippen molar-refractivity contribution in [2.75, 3.05) is 13.6 Å². The number of rotatable bonds is 7. The van der Waals surface area contributed by atoms with Gasteiger partial charge in [0.1, 0.15) is 0 Å². The van der Waals surface area contributed by atoms with Crippen molar-refractivity contribution in [2.24, 2.45) is 5.92 Å². The van der Waals surface area contributed by atoms with Gasteiger partial charge in [0.05, 0.1) is 5.92 Å². The highest BCUT2D eigenvalue weighted by Crippen LogP contribution is 2.12. The van der Waals surface area contributed by atoms with Crippen LogP contribution in [0.15, 0.2) is 28.7 Å². The number of urea groups is 1. The summed E-state index contributed by atoms with van der Waals surface area (Å²) in [7, 11) is 1.69. The van der Waals surface area contributed by atoms with E-state index in [4.69, 9.17) is 5.11 Å². The largest absolute Gasteiger partial charge is 0.481 e. The average molecular weight is 357 g/mol. The maximum Gasteiger partial charge on any atom is 0.317 e. The zero-order valence-electron chi connectivity index (χ0n) is 12.3. The van der Waals surface area contributed by atoms with Crippen LogP contribution in [0.2, 0.25) is 0 Å². The van der Waals surface area contributed by atoms with Crippen LogP contribution in [-0.2, 0) is 11.3 Å². The average Bonchev–Trinajstić information content (AvgIpc) is 2.45. The number of nitrogens with zero attached hydrogens (tertiary/aromatic N) is 1. The quantitative estimate of drug-likeness (QED) is 0.788. The summed E-state index contributed by atoms with van der Waals surface area (Å²) in [6.45, 7) is 2.56. The van der Waals surface area contributed by atoms with Crippen LogP contribution >= 0.6 is 15.9 Å². The molecule has 0 heterocycles. The lowest BCUT2D eigenvalue weighted by Crippen LogP contribution is -2.40. The molecule has 1 aromatic rings. The second-order valence-electron chi connectivity index (χ2n) is 4.99. The summed E-state index contributed by atoms with van der Waals surface area (Å²) in [6, 6.07) is 7.45. The van der Waals surface area contributed by atoms with E-state index in [1.807, 2.05) is 31.2 Å². The molecule has 6 heteroatoms. The summed E-state index contributed by atoms with van der Waals surface area (Å²) in [5.41, 5.74) is 1.01. The highest BCUT2D eigenvalue weighted by Gasteiger charge is 2.18. The number of carbonyl (C=O) groups is 2. The fourth-order valence-electron chi connectivity index (χ4n) is 1.94. The Hall–Kier alpha value is -1.56. The number of aliphatic carboxylic acids is 1. The van der Waals surface area contributed by atoms with E-state index < -0.39 is 11.9 Å². The predicted octanol–water partition coefficient (Wildman–Crippen LogP) is 3.09. The normalized spacial score (nSPS) is 11.8. The predicted molar refractivity (Wildman–Crippen MR) is 85.0 cm³/mol. The molecule has 0 saturated heterocycles. The lowest BCUT2D eigenvalue weighted by Gasteiger charge is -2.20. The molecule has 0 radical (unpaired) electrons. The number of halogens is 1. The first-order valence-corrected chi connectivity index (χ1v) is 7.69. The van der Waals surface area contributed by atoms with Crippen molar-refractivity contribution in [3.8, 4) is 0 Å². The third-order valence-electron chi connectivity index (χ3n) is 3.17. The van der Waals surface area contributed by atoms with Gasteiger partial charge in [-0.3, -0.25) is 4.79 Å². The third-order valence-corrected chi connectivity index (χ3v) is 3.69. The van der Waals surface area contributed by atoms with Crippen LogP contribution in [-0.4, -0.2) is 35.6 Å². The minimum absolute atomic E-state index is 0.159. The molecule has 0 aliphatic heterocycles. The van der Waals surface area contributed by atoms with Gasteiger partial charge in [0.2, 0.25) is 0 Å². The third kappa shape index (κ3) is 6.16. The highest BCUT2D eigenvalue weighted by atomic mass is 79.9. The fourth-order valence-corrected chi connectivity index (χ4v) is 2.21. The van der Waals surface area contributed by atoms with Crippen LogP contribution in [0.25, 0.3) is 0 Å². The fraction of sp³-hybridized carbons (Fsp3) is 0.467. The van der Waals surface area contributed by atoms with Crippen molar-refractivity contribution in [1.29, 1.82) is 0 Å². The van der Waals surface area contributed by atoms with Crippen LogP contribution in [0.4, 0.5) is 4.79 Å². The monoisotopic (exact) mass is 356 g/mol. The number of carboxylic acid groups (broad SMARTS) is 1. The van der Waals surface area contributed by atoms with Crippen LogP contribution in [0.5, 0.6) is 0 Å². The van der Waals surface area contributed by atoms with Gasteiger partial charge in [-0.05, 0) is 24.1 Å². The first-order chi connectivity index (χ1) is 9.93. The smallest absolute Gasteiger partial charge is 0.317 e. The van der Waals surface area contributed by atoms with Crippen molar-refractivity contribution in [3.05, 3.63) is 34.3 Å². The second-order valence-corrected chi connectivity index (χ2v) is 5.91. The second kappa shape index (κ2) is 8.67. The number of hydrogen-bond donors (Lipinski definition) is 2. The molecule has 0 aliphatic carbocycles. The number of carbonyl (C=O) groups excluding carboxylic acids is 1. The minimum Gasteiger partial charge on any atom is -0.481 e. The van der Waals surface area contributed by atoms with Gasteiger partial charge in [-0.25, -0.2) is 4.79 Å². The van der Waals surface area contributed by atoms with Gasteiger partial charge in [0, 0.05) is 24.6 Å². The Morgan fingerprint density at radius 2 is 1.95 bits per heavy atom. The SMILES string of the molecule is CCCC(CNC(=O)N(C)Cc1ccc(Br)cc1)C(=O)O. The van der Waals surface area contributed by atoms with E-state index in [-0.39, 0.29) is 12.6 Å². The summed E-state index contributed by atoms with van der Waals surface area (Å²) in [4.78, 5) is 24.5. The lowest BCUT2D eigenvalue weighted by atomic mass is 10.0. The molecule has 0 aromatic heterocycles. The molecule has 1 unspecified atom stereocenters. The first kappa shape index (κ1) is 17.5. The molecule has 0 bridgehead atoms. The van der Waals surface area contributed by atoms with E-state index in [2.05, 4.69) is 21.2 Å². The molecular formula is C15H21BrN2O3. The summed E-state index contributed by atoms with van der Waals surface area (Å²) in [6.07, 6.45) is 1.34. The molecule has 1 atom stereocenters. The first-order valence-electron chi connectivity index (χ1n) is 6.90. The summed E-state index contributed by atoms with van der Waals surface area (Å²) >= 11 is 3.36. The van der Waals surface area contributed by atoms with Crippen LogP contribution < -0.4 is 5.32 Å². The van der Waals surface area contributed by atoms with Gasteiger partial charge >= 0.3 is 12.0 Å². The van der Waals surface area contributed by atoms with Gasteiger partial charge in [0.25, 0.3) is 0 Å². The Bertz CT molecular complexity index is 476. The van der Waals surface area contributed by atoms with Gasteiger partial charge in [0.15, 0.2) is 0 Å². The Morgan fingerprint density at radius 3 is 2.48 bits per heavy atom. The van der Waals surface area contributed by atoms with E-state index in [0.717, 1.165) is 16.5 Å². The lowest BCUT2D eigenvalue weighted by molar-refractivity contribution is -0.141. The van der Waals surface area contributed by atoms with Crippen LogP contribution in [0, 0.1) is 5.92 Å². The van der Waals surface area contributed by atoms with Crippen molar-refractivity contribution in [1.82, 2.24) is 10.2 Å². The van der Waals surface area contributed by atoms with Gasteiger partial charge < -0.3 is 15.3 Å². The van der Waals surface area contributed by atoms with E-state index in [1.165, 1.54) is 4.90 Å². The molecule has 0 fully saturated rings. The molecule has 2 N–H and O–H groups in total. The van der Waals surface area contributed by atoms with E-state index in [1.54, 1.807) is 7.05 Å². The maximum atomic E-state index is 12.0. The molecule has 116 valence electrons. The van der Waals surface area contributed by atoms with Gasteiger partial charge in [-0.15, -0.1) is 0 Å². The topological polar surface area (TPSA) is 69.6 Å². The summed E-state index contributed by atoms with van der Waals surface area (Å²) < 4.78 is 0.988. The zero-order valence-corrected chi connectivity index (χ0v) is 13.9. The Labute approximate surface area is 133 Å². The number of nitrogens with one attached hydrogen (secondary N) is 1. The van der Waals surface area contributed by atoms with Gasteiger partial charge in [-0.2, -0.15) is 0 Å². The molecule has 1 rings (SSSR count). The standard InChI is InChI=1S/C15H21BrN2O3/c1-3-4-12(14(19)20)9-17-15(21)18(2)10-11-5-7-13(16)8-6-11/h5-8,12H,3-4,9-10H2,1-2H3,(H,17,21)(H,19,20). The maximum absolute atomic E-state index is 12.0. The Balaban J connectivity index is 2.47. The van der Waals surface area contributed by atoms with Crippen LogP contribution in [0.3, 0.4) is 0 Å². The molecule has 5 nitrogen and oxygen atoms in total. The highest BCUT2D eigenvalue weighted by molar-refractivity contribution is 9.10. The number of amides is 2. The van der Waals surface area contributed by atoms with Crippen LogP contribution in [0.1, 0.15) is 25.3 Å². The van der Waals surface area contributed by atoms with E-state index in [9.17, 15) is 9.59 Å². The van der Waals surface area contributed by atoms with Crippen molar-refractivity contribution in [3.63, 3.8) is 0 Å². The Kier molecular flexibility index (Phi) is 7.22. The van der Waals surface area contributed by atoms with E-state index in [0.29, 0.717) is 13.0 Å². The number of carboxylic acids is 1. The molecule has 2 amide bonds. The zero-order chi connectivity index (χ0) is 15.8. The number of benzene rings is 1. The molecule has 1 aromatic carbocycles. The summed E-state index contributed by atoms with van der Waals surface area (Å²) in [5, 5.41) is 11.7. The van der Waals surface area contributed by atoms with E-state index >= 15 is 0 Å². The van der Waals surface area contributed by atoms with Crippen molar-refractivity contribution < 1.29 is 14.7 Å². The molecule has 21 heavy (non-hydrogen) atoms. The molecule has 0 saturated carbocycles. The Morgan fingerprint density at radius 1 is 1.33 bits per heavy atom. The molecule has 0 spiro atoms. The van der Waals surface area contributed by atoms with Crippen molar-refractivity contribution >= 4 is 27.9 Å². The minimum atomic E-state index is -0.868. The van der Waals surface area contributed by atoms with Gasteiger partial charge in [-0.1, -0.05) is 41.4 Å². The summed E-state index contributed by atoms with van der Waals surface area (Å²) in [5.74, 6) is -1.40.